The lowest BCUT2D eigenvalue weighted by atomic mass is 10.2. The van der Waals surface area contributed by atoms with E-state index in [9.17, 15) is 19.7 Å². The third-order valence-electron chi connectivity index (χ3n) is 3.58. The average molecular weight is 383 g/mol. The molecule has 1 saturated heterocycles. The van der Waals surface area contributed by atoms with E-state index in [1.165, 1.54) is 19.2 Å². The SMILES string of the molecule is COC(=O)c1ccccc1N=C1NC(=O)/C(=C/c2ccc([N+](=O)[O-])cc2)S1. The summed E-state index contributed by atoms with van der Waals surface area (Å²) in [7, 11) is 1.28. The molecule has 1 amide bonds. The molecule has 1 fully saturated rings. The zero-order valence-electron chi connectivity index (χ0n) is 14.0. The Hall–Kier alpha value is -3.46. The van der Waals surface area contributed by atoms with Gasteiger partial charge in [-0.05, 0) is 47.7 Å². The lowest BCUT2D eigenvalue weighted by Gasteiger charge is -2.03. The highest BCUT2D eigenvalue weighted by atomic mass is 32.2. The Morgan fingerprint density at radius 2 is 1.93 bits per heavy atom. The Morgan fingerprint density at radius 1 is 1.22 bits per heavy atom. The van der Waals surface area contributed by atoms with Crippen LogP contribution in [0.1, 0.15) is 15.9 Å². The zero-order chi connectivity index (χ0) is 19.4. The van der Waals surface area contributed by atoms with Crippen LogP contribution in [0.15, 0.2) is 58.4 Å². The predicted molar refractivity (Wildman–Crippen MR) is 102 cm³/mol. The van der Waals surface area contributed by atoms with Crippen molar-refractivity contribution < 1.29 is 19.2 Å². The second kappa shape index (κ2) is 7.83. The van der Waals surface area contributed by atoms with E-state index in [0.29, 0.717) is 21.3 Å². The molecule has 0 aliphatic carbocycles. The molecule has 2 aromatic rings. The van der Waals surface area contributed by atoms with E-state index in [1.54, 1.807) is 42.5 Å². The van der Waals surface area contributed by atoms with Crippen molar-refractivity contribution in [2.75, 3.05) is 7.11 Å². The molecule has 0 spiro atoms. The molecule has 9 heteroatoms. The monoisotopic (exact) mass is 383 g/mol. The van der Waals surface area contributed by atoms with Gasteiger partial charge in [0.25, 0.3) is 11.6 Å². The molecule has 1 heterocycles. The third kappa shape index (κ3) is 4.21. The molecule has 1 aliphatic rings. The van der Waals surface area contributed by atoms with E-state index in [-0.39, 0.29) is 17.2 Å². The fraction of sp³-hybridized carbons (Fsp3) is 0.0556. The van der Waals surface area contributed by atoms with Crippen LogP contribution >= 0.6 is 11.8 Å². The first-order valence-electron chi connectivity index (χ1n) is 7.69. The number of rotatable bonds is 4. The summed E-state index contributed by atoms with van der Waals surface area (Å²) in [5.41, 5.74) is 1.29. The van der Waals surface area contributed by atoms with Crippen molar-refractivity contribution in [3.05, 3.63) is 74.7 Å². The molecule has 0 radical (unpaired) electrons. The van der Waals surface area contributed by atoms with Gasteiger partial charge >= 0.3 is 5.97 Å². The summed E-state index contributed by atoms with van der Waals surface area (Å²) < 4.78 is 4.73. The van der Waals surface area contributed by atoms with Crippen LogP contribution in [0.4, 0.5) is 11.4 Å². The van der Waals surface area contributed by atoms with Crippen LogP contribution in [0.25, 0.3) is 6.08 Å². The van der Waals surface area contributed by atoms with Crippen molar-refractivity contribution in [3.63, 3.8) is 0 Å². The number of amidine groups is 1. The Bertz CT molecular complexity index is 983. The summed E-state index contributed by atoms with van der Waals surface area (Å²) in [5.74, 6) is -0.862. The van der Waals surface area contributed by atoms with E-state index in [4.69, 9.17) is 4.74 Å². The number of nitrogens with zero attached hydrogens (tertiary/aromatic N) is 2. The number of thioether (sulfide) groups is 1. The maximum Gasteiger partial charge on any atom is 0.340 e. The van der Waals surface area contributed by atoms with Crippen molar-refractivity contribution in [1.29, 1.82) is 0 Å². The highest BCUT2D eigenvalue weighted by Gasteiger charge is 2.24. The molecule has 1 aliphatic heterocycles. The van der Waals surface area contributed by atoms with Crippen molar-refractivity contribution in [3.8, 4) is 0 Å². The number of non-ortho nitro benzene ring substituents is 1. The van der Waals surface area contributed by atoms with Crippen LogP contribution < -0.4 is 5.32 Å². The summed E-state index contributed by atoms with van der Waals surface area (Å²) in [4.78, 5) is 38.9. The first-order chi connectivity index (χ1) is 13.0. The largest absolute Gasteiger partial charge is 0.465 e. The summed E-state index contributed by atoms with van der Waals surface area (Å²) in [6.07, 6.45) is 1.61. The minimum Gasteiger partial charge on any atom is -0.465 e. The van der Waals surface area contributed by atoms with Crippen molar-refractivity contribution in [1.82, 2.24) is 5.32 Å². The second-order valence-corrected chi connectivity index (χ2v) is 6.37. The fourth-order valence-electron chi connectivity index (χ4n) is 2.29. The zero-order valence-corrected chi connectivity index (χ0v) is 14.9. The van der Waals surface area contributed by atoms with Crippen LogP contribution in [-0.2, 0) is 9.53 Å². The molecule has 0 unspecified atom stereocenters. The number of ether oxygens (including phenoxy) is 1. The number of hydrogen-bond donors (Lipinski definition) is 1. The topological polar surface area (TPSA) is 111 Å². The summed E-state index contributed by atoms with van der Waals surface area (Å²) in [6, 6.07) is 12.5. The van der Waals surface area contributed by atoms with E-state index >= 15 is 0 Å². The second-order valence-electron chi connectivity index (χ2n) is 5.34. The molecule has 8 nitrogen and oxygen atoms in total. The van der Waals surface area contributed by atoms with Crippen molar-refractivity contribution in [2.24, 2.45) is 4.99 Å². The molecule has 2 aromatic carbocycles. The molecule has 0 atom stereocenters. The lowest BCUT2D eigenvalue weighted by molar-refractivity contribution is -0.384. The number of amides is 1. The van der Waals surface area contributed by atoms with Crippen molar-refractivity contribution >= 4 is 46.3 Å². The van der Waals surface area contributed by atoms with Gasteiger partial charge in [-0.1, -0.05) is 12.1 Å². The van der Waals surface area contributed by atoms with Crippen LogP contribution in [-0.4, -0.2) is 29.1 Å². The number of methoxy groups -OCH3 is 1. The minimum absolute atomic E-state index is 0.0256. The quantitative estimate of drug-likeness (QED) is 0.375. The van der Waals surface area contributed by atoms with Gasteiger partial charge in [0, 0.05) is 12.1 Å². The summed E-state index contributed by atoms with van der Waals surface area (Å²) in [5, 5.41) is 13.7. The van der Waals surface area contributed by atoms with Gasteiger partial charge in [0.15, 0.2) is 5.17 Å². The number of carbonyl (C=O) groups excluding carboxylic acids is 2. The van der Waals surface area contributed by atoms with E-state index < -0.39 is 10.9 Å². The molecule has 0 bridgehead atoms. The Kier molecular flexibility index (Phi) is 5.32. The number of nitro benzene ring substituents is 1. The number of hydrogen-bond acceptors (Lipinski definition) is 7. The smallest absolute Gasteiger partial charge is 0.340 e. The maximum atomic E-state index is 12.1. The molecule has 27 heavy (non-hydrogen) atoms. The first-order valence-corrected chi connectivity index (χ1v) is 8.51. The molecule has 3 rings (SSSR count). The first kappa shape index (κ1) is 18.3. The normalized spacial score (nSPS) is 16.4. The maximum absolute atomic E-state index is 12.1. The predicted octanol–water partition coefficient (Wildman–Crippen LogP) is 3.27. The number of esters is 1. The van der Waals surface area contributed by atoms with Crippen LogP contribution in [0, 0.1) is 10.1 Å². The molecule has 0 saturated carbocycles. The molecule has 0 aromatic heterocycles. The van der Waals surface area contributed by atoms with Crippen LogP contribution in [0.2, 0.25) is 0 Å². The number of nitro groups is 1. The molecule has 136 valence electrons. The fourth-order valence-corrected chi connectivity index (χ4v) is 3.12. The van der Waals surface area contributed by atoms with Gasteiger partial charge in [-0.2, -0.15) is 0 Å². The Labute approximate surface area is 158 Å². The minimum atomic E-state index is -0.522. The van der Waals surface area contributed by atoms with Gasteiger partial charge in [-0.15, -0.1) is 0 Å². The number of benzene rings is 2. The van der Waals surface area contributed by atoms with E-state index in [2.05, 4.69) is 10.3 Å². The van der Waals surface area contributed by atoms with Gasteiger partial charge in [0.05, 0.1) is 28.2 Å². The van der Waals surface area contributed by atoms with Gasteiger partial charge in [-0.25, -0.2) is 9.79 Å². The van der Waals surface area contributed by atoms with E-state index in [0.717, 1.165) is 11.8 Å². The van der Waals surface area contributed by atoms with Crippen molar-refractivity contribution in [2.45, 2.75) is 0 Å². The van der Waals surface area contributed by atoms with E-state index in [1.807, 2.05) is 0 Å². The standard InChI is InChI=1S/C18H13N3O5S/c1-26-17(23)13-4-2-3-5-14(13)19-18-20-16(22)15(27-18)10-11-6-8-12(9-7-11)21(24)25/h2-10H,1H3,(H,19,20,22)/b15-10-. The lowest BCUT2D eigenvalue weighted by Crippen LogP contribution is -2.19. The van der Waals surface area contributed by atoms with Crippen LogP contribution in [0.3, 0.4) is 0 Å². The molecular formula is C18H13N3O5S. The summed E-state index contributed by atoms with van der Waals surface area (Å²) >= 11 is 1.11. The molecular weight excluding hydrogens is 370 g/mol. The molecule has 1 N–H and O–H groups in total. The highest BCUT2D eigenvalue weighted by Crippen LogP contribution is 2.29. The van der Waals surface area contributed by atoms with Gasteiger partial charge in [0.2, 0.25) is 0 Å². The Morgan fingerprint density at radius 3 is 2.59 bits per heavy atom. The van der Waals surface area contributed by atoms with Gasteiger partial charge < -0.3 is 10.1 Å². The summed E-state index contributed by atoms with van der Waals surface area (Å²) in [6.45, 7) is 0. The van der Waals surface area contributed by atoms with Crippen LogP contribution in [0.5, 0.6) is 0 Å². The third-order valence-corrected chi connectivity index (χ3v) is 4.49. The number of aliphatic imine (C=N–C) groups is 1. The number of carbonyl (C=O) groups is 2. The number of para-hydroxylation sites is 1. The average Bonchev–Trinajstić information content (AvgIpc) is 3.01. The Balaban J connectivity index is 1.84. The number of nitrogens with one attached hydrogen (secondary N) is 1. The highest BCUT2D eigenvalue weighted by molar-refractivity contribution is 8.18. The van der Waals surface area contributed by atoms with Gasteiger partial charge in [-0.3, -0.25) is 14.9 Å². The van der Waals surface area contributed by atoms with Gasteiger partial charge in [0.1, 0.15) is 0 Å².